The third-order valence-corrected chi connectivity index (χ3v) is 3.02. The Morgan fingerprint density at radius 1 is 1.69 bits per heavy atom. The van der Waals surface area contributed by atoms with Crippen LogP contribution in [0.3, 0.4) is 0 Å². The summed E-state index contributed by atoms with van der Waals surface area (Å²) >= 11 is 0. The minimum atomic E-state index is -0.320. The number of hydrogen-bond acceptors (Lipinski definition) is 4. The zero-order valence-corrected chi connectivity index (χ0v) is 10.1. The van der Waals surface area contributed by atoms with E-state index in [0.717, 1.165) is 13.0 Å². The zero-order valence-electron chi connectivity index (χ0n) is 10.1. The van der Waals surface area contributed by atoms with Crippen LogP contribution in [0, 0.1) is 5.92 Å². The molecule has 1 aliphatic rings. The van der Waals surface area contributed by atoms with E-state index in [1.165, 1.54) is 0 Å². The Bertz CT molecular complexity index is 221. The Morgan fingerprint density at radius 3 is 3.00 bits per heavy atom. The van der Waals surface area contributed by atoms with Crippen molar-refractivity contribution in [3.8, 4) is 0 Å². The van der Waals surface area contributed by atoms with Gasteiger partial charge in [0.25, 0.3) is 0 Å². The lowest BCUT2D eigenvalue weighted by molar-refractivity contribution is -0.129. The normalized spacial score (nSPS) is 22.4. The molecule has 0 radical (unpaired) electrons. The van der Waals surface area contributed by atoms with Crippen LogP contribution in [0.2, 0.25) is 0 Å². The van der Waals surface area contributed by atoms with Gasteiger partial charge in [-0.1, -0.05) is 0 Å². The number of nitrogens with zero attached hydrogens (tertiary/aromatic N) is 1. The van der Waals surface area contributed by atoms with Crippen LogP contribution in [0.15, 0.2) is 0 Å². The molecular formula is C11H22N2O3. The van der Waals surface area contributed by atoms with Crippen molar-refractivity contribution in [2.45, 2.75) is 19.4 Å². The molecule has 0 spiro atoms. The van der Waals surface area contributed by atoms with E-state index in [1.54, 1.807) is 14.0 Å². The number of ether oxygens (including phenoxy) is 1. The van der Waals surface area contributed by atoms with Gasteiger partial charge in [-0.25, -0.2) is 0 Å². The van der Waals surface area contributed by atoms with Gasteiger partial charge in [-0.15, -0.1) is 0 Å². The van der Waals surface area contributed by atoms with Crippen molar-refractivity contribution in [2.75, 3.05) is 39.9 Å². The third kappa shape index (κ3) is 4.08. The summed E-state index contributed by atoms with van der Waals surface area (Å²) < 4.78 is 4.88. The average molecular weight is 230 g/mol. The molecule has 0 aromatic rings. The molecule has 5 heteroatoms. The van der Waals surface area contributed by atoms with Crippen LogP contribution >= 0.6 is 0 Å². The van der Waals surface area contributed by atoms with Crippen LogP contribution in [0.25, 0.3) is 0 Å². The molecule has 0 bridgehead atoms. The van der Waals surface area contributed by atoms with Crippen molar-refractivity contribution in [3.63, 3.8) is 0 Å². The van der Waals surface area contributed by atoms with Crippen LogP contribution in [-0.2, 0) is 9.53 Å². The van der Waals surface area contributed by atoms with Crippen molar-refractivity contribution >= 4 is 5.91 Å². The smallest absolute Gasteiger partial charge is 0.236 e. The van der Waals surface area contributed by atoms with E-state index < -0.39 is 0 Å². The molecule has 1 saturated heterocycles. The summed E-state index contributed by atoms with van der Waals surface area (Å²) in [6.07, 6.45) is 0.584. The molecule has 1 heterocycles. The number of likely N-dealkylation sites (tertiary alicyclic amines) is 1. The Balaban J connectivity index is 2.18. The van der Waals surface area contributed by atoms with Gasteiger partial charge < -0.3 is 20.1 Å². The summed E-state index contributed by atoms with van der Waals surface area (Å²) in [5.41, 5.74) is 0. The largest absolute Gasteiger partial charge is 0.393 e. The molecule has 5 nitrogen and oxygen atoms in total. The van der Waals surface area contributed by atoms with Crippen LogP contribution in [0.1, 0.15) is 13.3 Å². The van der Waals surface area contributed by atoms with Gasteiger partial charge in [-0.05, 0) is 13.3 Å². The second kappa shape index (κ2) is 6.83. The molecule has 1 fully saturated rings. The number of rotatable bonds is 6. The number of nitrogens with one attached hydrogen (secondary N) is 1. The first-order chi connectivity index (χ1) is 7.65. The zero-order chi connectivity index (χ0) is 12.0. The van der Waals surface area contributed by atoms with Crippen molar-refractivity contribution in [1.29, 1.82) is 0 Å². The van der Waals surface area contributed by atoms with Crippen molar-refractivity contribution in [3.05, 3.63) is 0 Å². The first-order valence-corrected chi connectivity index (χ1v) is 5.80. The number of carbonyl (C=O) groups is 1. The number of methoxy groups -OCH3 is 1. The van der Waals surface area contributed by atoms with Gasteiger partial charge in [-0.3, -0.25) is 4.79 Å². The van der Waals surface area contributed by atoms with E-state index in [9.17, 15) is 9.90 Å². The molecule has 1 aliphatic heterocycles. The Labute approximate surface area is 96.8 Å². The summed E-state index contributed by atoms with van der Waals surface area (Å²) in [6.45, 7) is 4.90. The fourth-order valence-corrected chi connectivity index (χ4v) is 1.89. The number of hydrogen-bond donors (Lipinski definition) is 2. The highest BCUT2D eigenvalue weighted by molar-refractivity contribution is 5.78. The molecule has 16 heavy (non-hydrogen) atoms. The van der Waals surface area contributed by atoms with Gasteiger partial charge in [0.2, 0.25) is 5.91 Å². The predicted octanol–water partition coefficient (Wildman–Crippen LogP) is -0.548. The topological polar surface area (TPSA) is 61.8 Å². The number of aliphatic hydroxyl groups is 1. The van der Waals surface area contributed by atoms with Gasteiger partial charge in [0, 0.05) is 32.7 Å². The maximum atomic E-state index is 11.7. The van der Waals surface area contributed by atoms with Crippen LogP contribution in [0.5, 0.6) is 0 Å². The van der Waals surface area contributed by atoms with Crippen LogP contribution < -0.4 is 5.32 Å². The van der Waals surface area contributed by atoms with E-state index in [4.69, 9.17) is 4.74 Å². The Morgan fingerprint density at radius 2 is 2.44 bits per heavy atom. The highest BCUT2D eigenvalue weighted by Gasteiger charge is 2.28. The summed E-state index contributed by atoms with van der Waals surface area (Å²) in [5, 5.41) is 12.5. The van der Waals surface area contributed by atoms with Crippen LogP contribution in [0.4, 0.5) is 0 Å². The van der Waals surface area contributed by atoms with Crippen molar-refractivity contribution in [1.82, 2.24) is 10.2 Å². The Kier molecular flexibility index (Phi) is 5.73. The number of amides is 1. The molecule has 0 aromatic heterocycles. The first kappa shape index (κ1) is 13.4. The minimum absolute atomic E-state index is 0.110. The molecular weight excluding hydrogens is 208 g/mol. The van der Waals surface area contributed by atoms with E-state index in [-0.39, 0.29) is 17.9 Å². The summed E-state index contributed by atoms with van der Waals surface area (Å²) in [6, 6.07) is 0. The second-order valence-corrected chi connectivity index (χ2v) is 4.30. The van der Waals surface area contributed by atoms with E-state index in [2.05, 4.69) is 5.32 Å². The summed E-state index contributed by atoms with van der Waals surface area (Å²) in [4.78, 5) is 13.5. The minimum Gasteiger partial charge on any atom is -0.393 e. The summed E-state index contributed by atoms with van der Waals surface area (Å²) in [5.74, 6) is 0.349. The molecule has 94 valence electrons. The molecule has 1 rings (SSSR count). The fourth-order valence-electron chi connectivity index (χ4n) is 1.89. The molecule has 0 saturated carbocycles. The lowest BCUT2D eigenvalue weighted by atomic mass is 10.0. The Hall–Kier alpha value is -0.650. The molecule has 2 N–H and O–H groups in total. The lowest BCUT2D eigenvalue weighted by Gasteiger charge is -2.17. The average Bonchev–Trinajstić information content (AvgIpc) is 2.73. The van der Waals surface area contributed by atoms with Gasteiger partial charge in [0.15, 0.2) is 0 Å². The van der Waals surface area contributed by atoms with E-state index >= 15 is 0 Å². The van der Waals surface area contributed by atoms with Gasteiger partial charge in [-0.2, -0.15) is 0 Å². The SMILES string of the molecule is COCCNCC(=O)N1CCC(C(C)O)C1. The molecule has 0 aliphatic carbocycles. The fraction of sp³-hybridized carbons (Fsp3) is 0.909. The second-order valence-electron chi connectivity index (χ2n) is 4.30. The van der Waals surface area contributed by atoms with E-state index in [0.29, 0.717) is 26.2 Å². The molecule has 0 aromatic carbocycles. The standard InChI is InChI=1S/C11H22N2O3/c1-9(14)10-3-5-13(8-10)11(15)7-12-4-6-16-2/h9-10,12,14H,3-8H2,1-2H3. The first-order valence-electron chi connectivity index (χ1n) is 5.80. The number of aliphatic hydroxyl groups excluding tert-OH is 1. The van der Waals surface area contributed by atoms with Crippen LogP contribution in [-0.4, -0.2) is 61.9 Å². The molecule has 1 amide bonds. The van der Waals surface area contributed by atoms with Gasteiger partial charge in [0.1, 0.15) is 0 Å². The highest BCUT2D eigenvalue weighted by atomic mass is 16.5. The monoisotopic (exact) mass is 230 g/mol. The van der Waals surface area contributed by atoms with Gasteiger partial charge in [0.05, 0.1) is 19.3 Å². The maximum Gasteiger partial charge on any atom is 0.236 e. The lowest BCUT2D eigenvalue weighted by Crippen LogP contribution is -2.38. The third-order valence-electron chi connectivity index (χ3n) is 3.02. The maximum absolute atomic E-state index is 11.7. The molecule has 2 unspecified atom stereocenters. The quantitative estimate of drug-likeness (QED) is 0.601. The van der Waals surface area contributed by atoms with Crippen molar-refractivity contribution < 1.29 is 14.6 Å². The number of carbonyl (C=O) groups excluding carboxylic acids is 1. The van der Waals surface area contributed by atoms with Gasteiger partial charge >= 0.3 is 0 Å². The predicted molar refractivity (Wildman–Crippen MR) is 61.1 cm³/mol. The molecule has 2 atom stereocenters. The van der Waals surface area contributed by atoms with E-state index in [1.807, 2.05) is 4.90 Å². The highest BCUT2D eigenvalue weighted by Crippen LogP contribution is 2.19. The summed E-state index contributed by atoms with van der Waals surface area (Å²) in [7, 11) is 1.64. The van der Waals surface area contributed by atoms with Crippen molar-refractivity contribution in [2.24, 2.45) is 5.92 Å².